The Labute approximate surface area is 143 Å². The van der Waals surface area contributed by atoms with Gasteiger partial charge in [-0.3, -0.25) is 24.5 Å². The summed E-state index contributed by atoms with van der Waals surface area (Å²) in [4.78, 5) is 36.2. The van der Waals surface area contributed by atoms with Crippen LogP contribution in [0.25, 0.3) is 0 Å². The summed E-state index contributed by atoms with van der Waals surface area (Å²) in [6.07, 6.45) is 9.11. The van der Waals surface area contributed by atoms with Gasteiger partial charge in [-0.05, 0) is 30.3 Å². The Balaban J connectivity index is 0.00000225. The lowest BCUT2D eigenvalue weighted by atomic mass is 10.2. The SMILES string of the molecule is O.O=C(Nc1ccncc1)c1cncc(C(=O)Nc2ccncc2)c1. The fourth-order valence-corrected chi connectivity index (χ4v) is 1.97. The maximum absolute atomic E-state index is 12.2. The lowest BCUT2D eigenvalue weighted by Gasteiger charge is -2.07. The van der Waals surface area contributed by atoms with Crippen LogP contribution in [-0.2, 0) is 0 Å². The summed E-state index contributed by atoms with van der Waals surface area (Å²) in [6, 6.07) is 8.17. The summed E-state index contributed by atoms with van der Waals surface area (Å²) in [5, 5.41) is 5.43. The second-order valence-corrected chi connectivity index (χ2v) is 4.84. The van der Waals surface area contributed by atoms with Gasteiger partial charge in [-0.15, -0.1) is 0 Å². The number of hydrogen-bond donors (Lipinski definition) is 2. The van der Waals surface area contributed by atoms with Crippen molar-refractivity contribution in [3.8, 4) is 0 Å². The van der Waals surface area contributed by atoms with Crippen molar-refractivity contribution in [2.75, 3.05) is 10.6 Å². The van der Waals surface area contributed by atoms with E-state index in [1.165, 1.54) is 18.5 Å². The number of anilines is 2. The van der Waals surface area contributed by atoms with E-state index in [9.17, 15) is 9.59 Å². The third-order valence-corrected chi connectivity index (χ3v) is 3.14. The molecule has 8 nitrogen and oxygen atoms in total. The molecule has 0 aliphatic rings. The van der Waals surface area contributed by atoms with Gasteiger partial charge in [0.2, 0.25) is 0 Å². The summed E-state index contributed by atoms with van der Waals surface area (Å²) < 4.78 is 0. The smallest absolute Gasteiger partial charge is 0.257 e. The van der Waals surface area contributed by atoms with Gasteiger partial charge in [-0.1, -0.05) is 0 Å². The Morgan fingerprint density at radius 3 is 1.48 bits per heavy atom. The molecule has 3 rings (SSSR count). The Morgan fingerprint density at radius 2 is 1.08 bits per heavy atom. The van der Waals surface area contributed by atoms with Gasteiger partial charge < -0.3 is 16.1 Å². The quantitative estimate of drug-likeness (QED) is 0.746. The van der Waals surface area contributed by atoms with Crippen LogP contribution in [0.1, 0.15) is 20.7 Å². The van der Waals surface area contributed by atoms with Crippen LogP contribution in [0.15, 0.2) is 67.5 Å². The maximum Gasteiger partial charge on any atom is 0.257 e. The molecule has 0 unspecified atom stereocenters. The van der Waals surface area contributed by atoms with Crippen molar-refractivity contribution in [1.82, 2.24) is 15.0 Å². The van der Waals surface area contributed by atoms with Crippen LogP contribution < -0.4 is 10.6 Å². The third kappa shape index (κ3) is 4.66. The van der Waals surface area contributed by atoms with E-state index in [4.69, 9.17) is 0 Å². The lowest BCUT2D eigenvalue weighted by molar-refractivity contribution is 0.102. The highest BCUT2D eigenvalue weighted by Crippen LogP contribution is 2.11. The number of nitrogens with zero attached hydrogens (tertiary/aromatic N) is 3. The van der Waals surface area contributed by atoms with E-state index < -0.39 is 0 Å². The third-order valence-electron chi connectivity index (χ3n) is 3.14. The highest BCUT2D eigenvalue weighted by atomic mass is 16.2. The van der Waals surface area contributed by atoms with Crippen molar-refractivity contribution < 1.29 is 15.1 Å². The Hall–Kier alpha value is -3.65. The molecule has 4 N–H and O–H groups in total. The molecule has 2 amide bonds. The fourth-order valence-electron chi connectivity index (χ4n) is 1.97. The molecule has 0 radical (unpaired) electrons. The van der Waals surface area contributed by atoms with Gasteiger partial charge in [0.05, 0.1) is 11.1 Å². The van der Waals surface area contributed by atoms with E-state index in [1.807, 2.05) is 0 Å². The van der Waals surface area contributed by atoms with Crippen LogP contribution in [0.2, 0.25) is 0 Å². The minimum Gasteiger partial charge on any atom is -0.412 e. The minimum atomic E-state index is -0.354. The van der Waals surface area contributed by atoms with E-state index in [1.54, 1.807) is 49.1 Å². The van der Waals surface area contributed by atoms with E-state index >= 15 is 0 Å². The summed E-state index contributed by atoms with van der Waals surface area (Å²) in [6.45, 7) is 0. The van der Waals surface area contributed by atoms with Gasteiger partial charge in [0, 0.05) is 48.6 Å². The van der Waals surface area contributed by atoms with Crippen molar-refractivity contribution in [3.63, 3.8) is 0 Å². The molecule has 0 aliphatic heterocycles. The fraction of sp³-hybridized carbons (Fsp3) is 0. The Morgan fingerprint density at radius 1 is 0.680 bits per heavy atom. The van der Waals surface area contributed by atoms with Gasteiger partial charge in [-0.25, -0.2) is 0 Å². The van der Waals surface area contributed by atoms with Crippen LogP contribution in [0.4, 0.5) is 11.4 Å². The number of carbonyl (C=O) groups is 2. The summed E-state index contributed by atoms with van der Waals surface area (Å²) in [5.74, 6) is -0.709. The first-order valence-electron chi connectivity index (χ1n) is 7.10. The first kappa shape index (κ1) is 17.7. The summed E-state index contributed by atoms with van der Waals surface area (Å²) >= 11 is 0. The van der Waals surface area contributed by atoms with Crippen LogP contribution in [-0.4, -0.2) is 32.2 Å². The van der Waals surface area contributed by atoms with Crippen LogP contribution in [0, 0.1) is 0 Å². The summed E-state index contributed by atoms with van der Waals surface area (Å²) in [5.41, 5.74) is 1.80. The minimum absolute atomic E-state index is 0. The second kappa shape index (κ2) is 8.27. The van der Waals surface area contributed by atoms with Crippen molar-refractivity contribution in [1.29, 1.82) is 0 Å². The number of nitrogens with one attached hydrogen (secondary N) is 2. The monoisotopic (exact) mass is 337 g/mol. The molecule has 0 bridgehead atoms. The molecule has 3 aromatic heterocycles. The average molecular weight is 337 g/mol. The van der Waals surface area contributed by atoms with Gasteiger partial charge in [-0.2, -0.15) is 0 Å². The maximum atomic E-state index is 12.2. The molecule has 3 aromatic rings. The molecule has 0 saturated carbocycles. The highest BCUT2D eigenvalue weighted by molar-refractivity contribution is 6.08. The molecule has 3 heterocycles. The number of carbonyl (C=O) groups excluding carboxylic acids is 2. The number of hydrogen-bond acceptors (Lipinski definition) is 5. The normalized spacial score (nSPS) is 9.60. The number of pyridine rings is 3. The van der Waals surface area contributed by atoms with E-state index in [-0.39, 0.29) is 28.4 Å². The van der Waals surface area contributed by atoms with E-state index in [2.05, 4.69) is 25.6 Å². The van der Waals surface area contributed by atoms with Crippen LogP contribution in [0.3, 0.4) is 0 Å². The molecule has 0 spiro atoms. The number of aromatic nitrogens is 3. The molecule has 0 atom stereocenters. The largest absolute Gasteiger partial charge is 0.412 e. The van der Waals surface area contributed by atoms with Crippen molar-refractivity contribution in [2.45, 2.75) is 0 Å². The van der Waals surface area contributed by atoms with Gasteiger partial charge in [0.1, 0.15) is 0 Å². The lowest BCUT2D eigenvalue weighted by Crippen LogP contribution is -2.16. The molecule has 126 valence electrons. The number of rotatable bonds is 4. The van der Waals surface area contributed by atoms with Crippen molar-refractivity contribution >= 4 is 23.2 Å². The van der Waals surface area contributed by atoms with Crippen LogP contribution in [0.5, 0.6) is 0 Å². The molecule has 0 fully saturated rings. The molecular formula is C17H15N5O3. The first-order chi connectivity index (χ1) is 11.7. The Kier molecular flexibility index (Phi) is 5.86. The molecule has 0 aromatic carbocycles. The zero-order valence-corrected chi connectivity index (χ0v) is 13.0. The van der Waals surface area contributed by atoms with Crippen molar-refractivity contribution in [2.24, 2.45) is 0 Å². The molecule has 25 heavy (non-hydrogen) atoms. The second-order valence-electron chi connectivity index (χ2n) is 4.84. The molecule has 0 aliphatic carbocycles. The van der Waals surface area contributed by atoms with Gasteiger partial charge >= 0.3 is 0 Å². The van der Waals surface area contributed by atoms with Gasteiger partial charge in [0.15, 0.2) is 0 Å². The van der Waals surface area contributed by atoms with E-state index in [0.717, 1.165) is 0 Å². The highest BCUT2D eigenvalue weighted by Gasteiger charge is 2.12. The zero-order valence-electron chi connectivity index (χ0n) is 13.0. The average Bonchev–Trinajstić information content (AvgIpc) is 2.63. The van der Waals surface area contributed by atoms with Gasteiger partial charge in [0.25, 0.3) is 11.8 Å². The molecule has 0 saturated heterocycles. The first-order valence-corrected chi connectivity index (χ1v) is 7.10. The van der Waals surface area contributed by atoms with E-state index in [0.29, 0.717) is 11.4 Å². The van der Waals surface area contributed by atoms with Crippen molar-refractivity contribution in [3.05, 3.63) is 78.6 Å². The molecular weight excluding hydrogens is 322 g/mol. The predicted octanol–water partition coefficient (Wildman–Crippen LogP) is 1.55. The molecule has 8 heteroatoms. The topological polar surface area (TPSA) is 128 Å². The Bertz CT molecular complexity index is 788. The van der Waals surface area contributed by atoms with Crippen LogP contribution >= 0.6 is 0 Å². The predicted molar refractivity (Wildman–Crippen MR) is 92.2 cm³/mol. The number of amides is 2. The summed E-state index contributed by atoms with van der Waals surface area (Å²) in [7, 11) is 0. The zero-order chi connectivity index (χ0) is 16.8. The standard InChI is InChI=1S/C17H13N5O2.H2O/c23-16(21-14-1-5-18-6-2-14)12-9-13(11-20-10-12)17(24)22-15-3-7-19-8-4-15;/h1-11H,(H,18,21,23)(H,19,22,24);1H2.